The monoisotopic (exact) mass is 278 g/mol. The van der Waals surface area contributed by atoms with Gasteiger partial charge in [-0.15, -0.1) is 0 Å². The summed E-state index contributed by atoms with van der Waals surface area (Å²) < 4.78 is 5.63. The van der Waals surface area contributed by atoms with Crippen molar-refractivity contribution in [3.63, 3.8) is 0 Å². The van der Waals surface area contributed by atoms with Crippen LogP contribution in [0.3, 0.4) is 0 Å². The van der Waals surface area contributed by atoms with E-state index < -0.39 is 6.04 Å². The van der Waals surface area contributed by atoms with Crippen molar-refractivity contribution in [2.75, 3.05) is 6.61 Å². The van der Waals surface area contributed by atoms with Gasteiger partial charge in [0.1, 0.15) is 12.4 Å². The molecule has 1 aromatic rings. The molecule has 0 heterocycles. The zero-order valence-electron chi connectivity index (χ0n) is 12.8. The fourth-order valence-corrected chi connectivity index (χ4v) is 1.75. The van der Waals surface area contributed by atoms with Gasteiger partial charge < -0.3 is 15.8 Å². The lowest BCUT2D eigenvalue weighted by Gasteiger charge is -2.21. The van der Waals surface area contributed by atoms with Gasteiger partial charge in [-0.2, -0.15) is 0 Å². The quantitative estimate of drug-likeness (QED) is 0.804. The van der Waals surface area contributed by atoms with E-state index in [0.717, 1.165) is 12.2 Å². The summed E-state index contributed by atoms with van der Waals surface area (Å²) in [6.07, 6.45) is 0.892. The Kier molecular flexibility index (Phi) is 6.52. The van der Waals surface area contributed by atoms with Gasteiger partial charge in [-0.05, 0) is 31.9 Å². The van der Waals surface area contributed by atoms with Crippen LogP contribution < -0.4 is 15.8 Å². The van der Waals surface area contributed by atoms with E-state index in [0.29, 0.717) is 6.61 Å². The summed E-state index contributed by atoms with van der Waals surface area (Å²) in [5, 5.41) is 2.89. The number of rotatable bonds is 7. The van der Waals surface area contributed by atoms with Crippen molar-refractivity contribution in [2.24, 2.45) is 11.7 Å². The second-order valence-electron chi connectivity index (χ2n) is 5.45. The van der Waals surface area contributed by atoms with Crippen LogP contribution in [0.15, 0.2) is 24.3 Å². The number of aryl methyl sites for hydroxylation is 1. The summed E-state index contributed by atoms with van der Waals surface area (Å²) in [5.74, 6) is 0.877. The van der Waals surface area contributed by atoms with E-state index in [-0.39, 0.29) is 17.9 Å². The molecule has 0 aromatic heterocycles. The lowest BCUT2D eigenvalue weighted by molar-refractivity contribution is -0.124. The lowest BCUT2D eigenvalue weighted by atomic mass is 9.99. The van der Waals surface area contributed by atoms with Crippen LogP contribution >= 0.6 is 0 Å². The van der Waals surface area contributed by atoms with E-state index in [1.54, 1.807) is 0 Å². The molecule has 1 rings (SSSR count). The molecule has 4 nitrogen and oxygen atoms in total. The van der Waals surface area contributed by atoms with E-state index in [1.165, 1.54) is 5.56 Å². The smallest absolute Gasteiger partial charge is 0.237 e. The first-order valence-corrected chi connectivity index (χ1v) is 7.19. The standard InChI is InChI=1S/C16H26N2O2/c1-5-12(3)15(17)16(19)18-13(4)10-20-14-8-6-11(2)7-9-14/h6-9,12-13,15H,5,10,17H2,1-4H3,(H,18,19). The first-order valence-electron chi connectivity index (χ1n) is 7.19. The predicted molar refractivity (Wildman–Crippen MR) is 81.7 cm³/mol. The lowest BCUT2D eigenvalue weighted by Crippen LogP contribution is -2.48. The number of ether oxygens (including phenoxy) is 1. The van der Waals surface area contributed by atoms with Crippen molar-refractivity contribution in [3.8, 4) is 5.75 Å². The average Bonchev–Trinajstić information content (AvgIpc) is 2.44. The van der Waals surface area contributed by atoms with Gasteiger partial charge in [0.25, 0.3) is 0 Å². The third kappa shape index (κ3) is 5.21. The van der Waals surface area contributed by atoms with Crippen LogP contribution in [0.5, 0.6) is 5.75 Å². The molecule has 0 saturated carbocycles. The first-order chi connectivity index (χ1) is 9.43. The summed E-state index contributed by atoms with van der Waals surface area (Å²) in [7, 11) is 0. The number of carbonyl (C=O) groups is 1. The number of nitrogens with two attached hydrogens (primary N) is 1. The minimum atomic E-state index is -0.457. The Labute approximate surface area is 121 Å². The van der Waals surface area contributed by atoms with Crippen LogP contribution in [0.25, 0.3) is 0 Å². The summed E-state index contributed by atoms with van der Waals surface area (Å²) in [6, 6.07) is 7.32. The van der Waals surface area contributed by atoms with Crippen molar-refractivity contribution in [2.45, 2.75) is 46.2 Å². The summed E-state index contributed by atoms with van der Waals surface area (Å²) in [4.78, 5) is 11.9. The number of hydrogen-bond donors (Lipinski definition) is 2. The van der Waals surface area contributed by atoms with Crippen LogP contribution in [0.2, 0.25) is 0 Å². The average molecular weight is 278 g/mol. The second-order valence-corrected chi connectivity index (χ2v) is 5.45. The van der Waals surface area contributed by atoms with Gasteiger partial charge in [-0.1, -0.05) is 38.0 Å². The van der Waals surface area contributed by atoms with E-state index in [9.17, 15) is 4.79 Å². The minimum Gasteiger partial charge on any atom is -0.491 e. The Morgan fingerprint density at radius 3 is 2.45 bits per heavy atom. The fourth-order valence-electron chi connectivity index (χ4n) is 1.75. The Morgan fingerprint density at radius 1 is 1.30 bits per heavy atom. The molecular weight excluding hydrogens is 252 g/mol. The van der Waals surface area contributed by atoms with Crippen molar-refractivity contribution < 1.29 is 9.53 Å². The van der Waals surface area contributed by atoms with Gasteiger partial charge in [0.2, 0.25) is 5.91 Å². The maximum atomic E-state index is 11.9. The van der Waals surface area contributed by atoms with E-state index in [2.05, 4.69) is 5.32 Å². The largest absolute Gasteiger partial charge is 0.491 e. The van der Waals surface area contributed by atoms with E-state index >= 15 is 0 Å². The van der Waals surface area contributed by atoms with Crippen LogP contribution in [0.1, 0.15) is 32.8 Å². The van der Waals surface area contributed by atoms with Gasteiger partial charge in [-0.25, -0.2) is 0 Å². The Balaban J connectivity index is 2.38. The topological polar surface area (TPSA) is 64.4 Å². The maximum Gasteiger partial charge on any atom is 0.237 e. The molecule has 3 unspecified atom stereocenters. The minimum absolute atomic E-state index is 0.0705. The van der Waals surface area contributed by atoms with Gasteiger partial charge >= 0.3 is 0 Å². The molecular formula is C16H26N2O2. The van der Waals surface area contributed by atoms with Crippen LogP contribution in [0, 0.1) is 12.8 Å². The first kappa shape index (κ1) is 16.5. The molecule has 0 bridgehead atoms. The maximum absolute atomic E-state index is 11.9. The van der Waals surface area contributed by atoms with Gasteiger partial charge in [0.15, 0.2) is 0 Å². The number of amides is 1. The molecule has 3 atom stereocenters. The summed E-state index contributed by atoms with van der Waals surface area (Å²) in [6.45, 7) is 8.39. The van der Waals surface area contributed by atoms with E-state index in [1.807, 2.05) is 52.0 Å². The van der Waals surface area contributed by atoms with Crippen LogP contribution in [-0.4, -0.2) is 24.6 Å². The number of benzene rings is 1. The molecule has 1 amide bonds. The molecule has 0 aliphatic carbocycles. The summed E-state index contributed by atoms with van der Waals surface area (Å²) >= 11 is 0. The molecule has 0 fully saturated rings. The normalized spacial score (nSPS) is 15.2. The zero-order chi connectivity index (χ0) is 15.1. The van der Waals surface area contributed by atoms with Crippen molar-refractivity contribution in [3.05, 3.63) is 29.8 Å². The molecule has 0 aliphatic heterocycles. The second kappa shape index (κ2) is 7.90. The number of carbonyl (C=O) groups excluding carboxylic acids is 1. The van der Waals surface area contributed by atoms with Crippen molar-refractivity contribution in [1.82, 2.24) is 5.32 Å². The molecule has 0 radical (unpaired) electrons. The molecule has 20 heavy (non-hydrogen) atoms. The van der Waals surface area contributed by atoms with Crippen LogP contribution in [0.4, 0.5) is 0 Å². The van der Waals surface area contributed by atoms with Crippen molar-refractivity contribution >= 4 is 5.91 Å². The molecule has 112 valence electrons. The molecule has 3 N–H and O–H groups in total. The van der Waals surface area contributed by atoms with Crippen LogP contribution in [-0.2, 0) is 4.79 Å². The predicted octanol–water partition coefficient (Wildman–Crippen LogP) is 2.25. The Morgan fingerprint density at radius 2 is 1.90 bits per heavy atom. The molecule has 1 aromatic carbocycles. The highest BCUT2D eigenvalue weighted by molar-refractivity contribution is 5.82. The molecule has 4 heteroatoms. The zero-order valence-corrected chi connectivity index (χ0v) is 12.8. The SMILES string of the molecule is CCC(C)C(N)C(=O)NC(C)COc1ccc(C)cc1. The fraction of sp³-hybridized carbons (Fsp3) is 0.562. The highest BCUT2D eigenvalue weighted by atomic mass is 16.5. The van der Waals surface area contributed by atoms with Gasteiger partial charge in [-0.3, -0.25) is 4.79 Å². The van der Waals surface area contributed by atoms with Gasteiger partial charge in [0.05, 0.1) is 12.1 Å². The molecule has 0 saturated heterocycles. The third-order valence-corrected chi connectivity index (χ3v) is 3.47. The Hall–Kier alpha value is -1.55. The van der Waals surface area contributed by atoms with Crippen molar-refractivity contribution in [1.29, 1.82) is 0 Å². The van der Waals surface area contributed by atoms with Gasteiger partial charge in [0, 0.05) is 0 Å². The molecule has 0 spiro atoms. The third-order valence-electron chi connectivity index (χ3n) is 3.47. The Bertz CT molecular complexity index is 417. The summed E-state index contributed by atoms with van der Waals surface area (Å²) in [5.41, 5.74) is 7.08. The highest BCUT2D eigenvalue weighted by Crippen LogP contribution is 2.11. The number of hydrogen-bond acceptors (Lipinski definition) is 3. The number of nitrogens with one attached hydrogen (secondary N) is 1. The van der Waals surface area contributed by atoms with E-state index in [4.69, 9.17) is 10.5 Å². The highest BCUT2D eigenvalue weighted by Gasteiger charge is 2.20. The molecule has 0 aliphatic rings.